The molecule has 1 atom stereocenters. The van der Waals surface area contributed by atoms with Crippen molar-refractivity contribution in [3.8, 4) is 0 Å². The third-order valence-electron chi connectivity index (χ3n) is 3.44. The molecule has 1 aromatic carbocycles. The lowest BCUT2D eigenvalue weighted by atomic mass is 10.2. The molecule has 21 heavy (non-hydrogen) atoms. The molecule has 108 valence electrons. The van der Waals surface area contributed by atoms with Crippen LogP contribution in [-0.4, -0.2) is 14.5 Å². The van der Waals surface area contributed by atoms with E-state index >= 15 is 0 Å². The van der Waals surface area contributed by atoms with E-state index in [1.54, 1.807) is 6.20 Å². The van der Waals surface area contributed by atoms with Crippen molar-refractivity contribution in [2.24, 2.45) is 0 Å². The van der Waals surface area contributed by atoms with E-state index in [9.17, 15) is 0 Å². The number of halogens is 2. The lowest BCUT2D eigenvalue weighted by Crippen LogP contribution is -2.07. The van der Waals surface area contributed by atoms with Crippen molar-refractivity contribution in [3.63, 3.8) is 0 Å². The summed E-state index contributed by atoms with van der Waals surface area (Å²) in [6.45, 7) is 2.80. The minimum Gasteiger partial charge on any atom is -0.326 e. The number of aryl methyl sites for hydroxylation is 2. The third-order valence-corrected chi connectivity index (χ3v) is 4.13. The molecule has 3 nitrogen and oxygen atoms in total. The molecule has 0 bridgehead atoms. The van der Waals surface area contributed by atoms with Crippen LogP contribution in [0.15, 0.2) is 47.2 Å². The lowest BCUT2D eigenvalue weighted by Gasteiger charge is -2.10. The zero-order valence-corrected chi connectivity index (χ0v) is 14.0. The molecule has 0 aliphatic heterocycles. The van der Waals surface area contributed by atoms with Gasteiger partial charge in [0, 0.05) is 23.4 Å². The Bertz CT molecular complexity index is 753. The van der Waals surface area contributed by atoms with Crippen LogP contribution < -0.4 is 0 Å². The maximum absolute atomic E-state index is 6.29. The summed E-state index contributed by atoms with van der Waals surface area (Å²) in [6.07, 6.45) is 4.60. The van der Waals surface area contributed by atoms with Gasteiger partial charge in [-0.05, 0) is 43.2 Å². The summed E-state index contributed by atoms with van der Waals surface area (Å²) in [5.41, 5.74) is 3.30. The predicted molar refractivity (Wildman–Crippen MR) is 89.6 cm³/mol. The van der Waals surface area contributed by atoms with Crippen molar-refractivity contribution in [3.05, 3.63) is 58.6 Å². The second-order valence-electron chi connectivity index (χ2n) is 4.98. The molecular formula is C16H15BrClN3. The van der Waals surface area contributed by atoms with Crippen LogP contribution in [0.1, 0.15) is 23.7 Å². The Balaban J connectivity index is 1.98. The van der Waals surface area contributed by atoms with Crippen LogP contribution in [0.4, 0.5) is 0 Å². The number of hydrogen-bond acceptors (Lipinski definition) is 2. The van der Waals surface area contributed by atoms with Crippen LogP contribution in [0.25, 0.3) is 11.0 Å². The van der Waals surface area contributed by atoms with Crippen molar-refractivity contribution < 1.29 is 0 Å². The second-order valence-corrected chi connectivity index (χ2v) is 6.55. The number of benzene rings is 1. The van der Waals surface area contributed by atoms with Crippen LogP contribution in [0.2, 0.25) is 0 Å². The maximum Gasteiger partial charge on any atom is 0.127 e. The summed E-state index contributed by atoms with van der Waals surface area (Å²) in [7, 11) is 0. The fourth-order valence-electron chi connectivity index (χ4n) is 2.44. The quantitative estimate of drug-likeness (QED) is 0.626. The molecule has 2 aromatic heterocycles. The van der Waals surface area contributed by atoms with E-state index in [-0.39, 0.29) is 5.38 Å². The van der Waals surface area contributed by atoms with Crippen LogP contribution in [0.3, 0.4) is 0 Å². The van der Waals surface area contributed by atoms with E-state index < -0.39 is 0 Å². The van der Waals surface area contributed by atoms with Crippen LogP contribution in [-0.2, 0) is 13.0 Å². The number of fused-ring (bicyclic) bond motifs is 1. The minimum atomic E-state index is -0.120. The number of pyridine rings is 1. The minimum absolute atomic E-state index is 0.120. The predicted octanol–water partition coefficient (Wildman–Crippen LogP) is 4.74. The Labute approximate surface area is 137 Å². The molecule has 0 saturated carbocycles. The summed E-state index contributed by atoms with van der Waals surface area (Å²) in [4.78, 5) is 8.82. The lowest BCUT2D eigenvalue weighted by molar-refractivity contribution is 0.667. The summed E-state index contributed by atoms with van der Waals surface area (Å²) < 4.78 is 3.25. The van der Waals surface area contributed by atoms with E-state index in [1.165, 1.54) is 5.56 Å². The summed E-state index contributed by atoms with van der Waals surface area (Å²) in [6, 6.07) is 10.2. The van der Waals surface area contributed by atoms with Gasteiger partial charge >= 0.3 is 0 Å². The Hall–Kier alpha value is -1.39. The van der Waals surface area contributed by atoms with Gasteiger partial charge in [0.1, 0.15) is 5.82 Å². The molecule has 2 heterocycles. The van der Waals surface area contributed by atoms with Crippen molar-refractivity contribution in [1.29, 1.82) is 0 Å². The van der Waals surface area contributed by atoms with E-state index in [0.717, 1.165) is 34.3 Å². The van der Waals surface area contributed by atoms with Crippen molar-refractivity contribution >= 4 is 38.6 Å². The topological polar surface area (TPSA) is 30.7 Å². The highest BCUT2D eigenvalue weighted by molar-refractivity contribution is 9.10. The molecule has 5 heteroatoms. The normalized spacial score (nSPS) is 12.7. The van der Waals surface area contributed by atoms with Crippen molar-refractivity contribution in [2.75, 3.05) is 0 Å². The molecule has 3 rings (SSSR count). The van der Waals surface area contributed by atoms with Crippen molar-refractivity contribution in [1.82, 2.24) is 14.5 Å². The van der Waals surface area contributed by atoms with Crippen molar-refractivity contribution in [2.45, 2.75) is 25.3 Å². The third kappa shape index (κ3) is 3.11. The fraction of sp³-hybridized carbons (Fsp3) is 0.250. The Morgan fingerprint density at radius 2 is 2.19 bits per heavy atom. The van der Waals surface area contributed by atoms with Gasteiger partial charge in [-0.15, -0.1) is 11.6 Å². The molecule has 3 aromatic rings. The Kier molecular flexibility index (Phi) is 4.27. The van der Waals surface area contributed by atoms with Crippen LogP contribution in [0, 0.1) is 0 Å². The van der Waals surface area contributed by atoms with Gasteiger partial charge in [-0.25, -0.2) is 4.98 Å². The highest BCUT2D eigenvalue weighted by atomic mass is 79.9. The van der Waals surface area contributed by atoms with E-state index in [4.69, 9.17) is 11.6 Å². The molecule has 0 fully saturated rings. The first-order chi connectivity index (χ1) is 10.1. The zero-order chi connectivity index (χ0) is 14.8. The summed E-state index contributed by atoms with van der Waals surface area (Å²) in [5, 5.41) is -0.120. The monoisotopic (exact) mass is 363 g/mol. The van der Waals surface area contributed by atoms with Gasteiger partial charge in [0.05, 0.1) is 16.4 Å². The highest BCUT2D eigenvalue weighted by Crippen LogP contribution is 2.27. The first-order valence-corrected chi connectivity index (χ1v) is 8.07. The molecule has 0 amide bonds. The van der Waals surface area contributed by atoms with E-state index in [1.807, 2.05) is 31.3 Å². The molecule has 0 radical (unpaired) electrons. The van der Waals surface area contributed by atoms with Gasteiger partial charge in [0.25, 0.3) is 0 Å². The first-order valence-electron chi connectivity index (χ1n) is 6.84. The highest BCUT2D eigenvalue weighted by Gasteiger charge is 2.15. The Morgan fingerprint density at radius 3 is 2.90 bits per heavy atom. The number of rotatable bonds is 4. The summed E-state index contributed by atoms with van der Waals surface area (Å²) in [5.74, 6) is 0.911. The van der Waals surface area contributed by atoms with Gasteiger partial charge in [-0.3, -0.25) is 4.98 Å². The average Bonchev–Trinajstić information content (AvgIpc) is 2.84. The number of hydrogen-bond donors (Lipinski definition) is 0. The smallest absolute Gasteiger partial charge is 0.127 e. The van der Waals surface area contributed by atoms with Gasteiger partial charge in [-0.1, -0.05) is 22.0 Å². The second kappa shape index (κ2) is 6.16. The molecule has 0 aliphatic rings. The van der Waals surface area contributed by atoms with E-state index in [0.29, 0.717) is 0 Å². The van der Waals surface area contributed by atoms with Gasteiger partial charge in [0.15, 0.2) is 0 Å². The van der Waals surface area contributed by atoms with Crippen LogP contribution in [0.5, 0.6) is 0 Å². The molecule has 1 unspecified atom stereocenters. The molecule has 0 aliphatic carbocycles. The number of aromatic nitrogens is 3. The largest absolute Gasteiger partial charge is 0.326 e. The number of nitrogens with zero attached hydrogens (tertiary/aromatic N) is 3. The average molecular weight is 365 g/mol. The van der Waals surface area contributed by atoms with Gasteiger partial charge in [0.2, 0.25) is 0 Å². The molecule has 0 spiro atoms. The number of imidazole rings is 1. The SMILES string of the molecule is CC(Cl)c1nc2ccc(Br)cc2n1CCc1cccnc1. The fourth-order valence-corrected chi connectivity index (χ4v) is 2.96. The van der Waals surface area contributed by atoms with E-state index in [2.05, 4.69) is 42.6 Å². The summed E-state index contributed by atoms with van der Waals surface area (Å²) >= 11 is 9.82. The molecular weight excluding hydrogens is 350 g/mol. The number of alkyl halides is 1. The standard InChI is InChI=1S/C16H15BrClN3/c1-11(18)16-20-14-5-4-13(17)9-15(14)21(16)8-6-12-3-2-7-19-10-12/h2-5,7,9-11H,6,8H2,1H3. The van der Waals surface area contributed by atoms with Crippen LogP contribution >= 0.6 is 27.5 Å². The maximum atomic E-state index is 6.29. The Morgan fingerprint density at radius 1 is 1.33 bits per heavy atom. The van der Waals surface area contributed by atoms with Gasteiger partial charge < -0.3 is 4.57 Å². The zero-order valence-electron chi connectivity index (χ0n) is 11.6. The van der Waals surface area contributed by atoms with Gasteiger partial charge in [-0.2, -0.15) is 0 Å². The first kappa shape index (κ1) is 14.5. The molecule has 0 N–H and O–H groups in total. The molecule has 0 saturated heterocycles.